The molecule has 0 fully saturated rings. The third-order valence-corrected chi connectivity index (χ3v) is 6.70. The van der Waals surface area contributed by atoms with E-state index in [0.717, 1.165) is 11.1 Å². The minimum absolute atomic E-state index is 0.0592. The fourth-order valence-corrected chi connectivity index (χ4v) is 5.15. The van der Waals surface area contributed by atoms with Crippen LogP contribution in [-0.4, -0.2) is 8.80 Å². The molecular formula is C12H27Si. The monoisotopic (exact) mass is 199 g/mol. The van der Waals surface area contributed by atoms with Gasteiger partial charge in [0.25, 0.3) is 0 Å². The smallest absolute Gasteiger partial charge is 0.0534 e. The molecule has 0 aromatic carbocycles. The standard InChI is InChI=1S/C12H27Si/c1-6-7-8-9-10-13(11(2)3)12(4)5/h11-12H,6-10H2,1-5H3. The number of unbranched alkanes of at least 4 members (excludes halogenated alkanes) is 3. The predicted molar refractivity (Wildman–Crippen MR) is 64.9 cm³/mol. The van der Waals surface area contributed by atoms with Crippen LogP contribution in [0.15, 0.2) is 0 Å². The maximum atomic E-state index is 2.41. The first-order valence-electron chi connectivity index (χ1n) is 5.95. The van der Waals surface area contributed by atoms with Crippen molar-refractivity contribution in [3.63, 3.8) is 0 Å². The third-order valence-electron chi connectivity index (χ3n) is 2.80. The van der Waals surface area contributed by atoms with Gasteiger partial charge >= 0.3 is 0 Å². The van der Waals surface area contributed by atoms with Gasteiger partial charge < -0.3 is 0 Å². The molecule has 0 spiro atoms. The average Bonchev–Trinajstić information content (AvgIpc) is 2.02. The van der Waals surface area contributed by atoms with Crippen molar-refractivity contribution in [2.75, 3.05) is 0 Å². The maximum absolute atomic E-state index is 2.41. The van der Waals surface area contributed by atoms with Crippen molar-refractivity contribution < 1.29 is 0 Å². The van der Waals surface area contributed by atoms with Gasteiger partial charge in [-0.05, 0) is 0 Å². The molecule has 0 unspecified atom stereocenters. The Balaban J connectivity index is 3.58. The quantitative estimate of drug-likeness (QED) is 0.405. The number of rotatable bonds is 7. The van der Waals surface area contributed by atoms with E-state index in [9.17, 15) is 0 Å². The van der Waals surface area contributed by atoms with Crippen LogP contribution in [0.25, 0.3) is 0 Å². The van der Waals surface area contributed by atoms with Crippen LogP contribution in [0.2, 0.25) is 17.1 Å². The fourth-order valence-electron chi connectivity index (χ4n) is 2.00. The molecule has 0 aliphatic heterocycles. The van der Waals surface area contributed by atoms with Crippen LogP contribution >= 0.6 is 0 Å². The van der Waals surface area contributed by atoms with E-state index in [-0.39, 0.29) is 8.80 Å². The van der Waals surface area contributed by atoms with Gasteiger partial charge in [-0.25, -0.2) is 0 Å². The van der Waals surface area contributed by atoms with Gasteiger partial charge in [0, 0.05) is 0 Å². The van der Waals surface area contributed by atoms with Gasteiger partial charge in [0.1, 0.15) is 0 Å². The maximum Gasteiger partial charge on any atom is 0.0534 e. The lowest BCUT2D eigenvalue weighted by Gasteiger charge is -2.22. The molecule has 1 radical (unpaired) electrons. The summed E-state index contributed by atoms with van der Waals surface area (Å²) in [6.45, 7) is 11.9. The van der Waals surface area contributed by atoms with Crippen LogP contribution in [0.4, 0.5) is 0 Å². The van der Waals surface area contributed by atoms with Crippen molar-refractivity contribution >= 4 is 8.80 Å². The Labute approximate surface area is 86.7 Å². The van der Waals surface area contributed by atoms with E-state index < -0.39 is 0 Å². The van der Waals surface area contributed by atoms with E-state index in [0.29, 0.717) is 0 Å². The molecule has 0 nitrogen and oxygen atoms in total. The summed E-state index contributed by atoms with van der Waals surface area (Å²) in [5, 5.41) is 0. The lowest BCUT2D eigenvalue weighted by atomic mass is 10.2. The largest absolute Gasteiger partial charge is 0.0654 e. The first-order chi connectivity index (χ1) is 6.09. The van der Waals surface area contributed by atoms with E-state index in [4.69, 9.17) is 0 Å². The Hall–Kier alpha value is 0.217. The minimum Gasteiger partial charge on any atom is -0.0654 e. The predicted octanol–water partition coefficient (Wildman–Crippen LogP) is 4.88. The molecule has 0 bridgehead atoms. The molecule has 0 aliphatic rings. The number of hydrogen-bond donors (Lipinski definition) is 0. The lowest BCUT2D eigenvalue weighted by molar-refractivity contribution is 0.692. The van der Waals surface area contributed by atoms with Gasteiger partial charge in [0.2, 0.25) is 0 Å². The summed E-state index contributed by atoms with van der Waals surface area (Å²) in [5.41, 5.74) is 1.93. The Kier molecular flexibility index (Phi) is 7.73. The van der Waals surface area contributed by atoms with E-state index in [1.54, 1.807) is 6.04 Å². The first-order valence-corrected chi connectivity index (χ1v) is 7.81. The molecule has 0 saturated heterocycles. The van der Waals surface area contributed by atoms with Crippen molar-refractivity contribution in [2.24, 2.45) is 0 Å². The second-order valence-corrected chi connectivity index (χ2v) is 8.65. The van der Waals surface area contributed by atoms with E-state index in [2.05, 4.69) is 34.6 Å². The molecule has 0 aromatic rings. The molecule has 0 heterocycles. The molecule has 0 aliphatic carbocycles. The van der Waals surface area contributed by atoms with Gasteiger partial charge in [0.05, 0.1) is 8.80 Å². The highest BCUT2D eigenvalue weighted by Crippen LogP contribution is 2.25. The van der Waals surface area contributed by atoms with Crippen LogP contribution in [0, 0.1) is 0 Å². The fraction of sp³-hybridized carbons (Fsp3) is 1.00. The van der Waals surface area contributed by atoms with Gasteiger partial charge in [0.15, 0.2) is 0 Å². The zero-order valence-electron chi connectivity index (χ0n) is 10.2. The highest BCUT2D eigenvalue weighted by molar-refractivity contribution is 6.61. The normalized spacial score (nSPS) is 12.0. The molecule has 0 N–H and O–H groups in total. The van der Waals surface area contributed by atoms with Crippen molar-refractivity contribution in [3.05, 3.63) is 0 Å². The summed E-state index contributed by atoms with van der Waals surface area (Å²) >= 11 is 0. The zero-order chi connectivity index (χ0) is 10.3. The Morgan fingerprint density at radius 2 is 1.38 bits per heavy atom. The molecule has 13 heavy (non-hydrogen) atoms. The van der Waals surface area contributed by atoms with E-state index >= 15 is 0 Å². The van der Waals surface area contributed by atoms with Crippen molar-refractivity contribution in [1.29, 1.82) is 0 Å². The second-order valence-electron chi connectivity index (χ2n) is 4.69. The van der Waals surface area contributed by atoms with Crippen LogP contribution in [-0.2, 0) is 0 Å². The lowest BCUT2D eigenvalue weighted by Crippen LogP contribution is -2.20. The first kappa shape index (κ1) is 13.2. The summed E-state index contributed by atoms with van der Waals surface area (Å²) in [5.74, 6) is 0. The van der Waals surface area contributed by atoms with E-state index in [1.165, 1.54) is 25.7 Å². The molecule has 0 saturated carbocycles. The topological polar surface area (TPSA) is 0 Å². The van der Waals surface area contributed by atoms with Gasteiger partial charge in [-0.1, -0.05) is 77.4 Å². The summed E-state index contributed by atoms with van der Waals surface area (Å²) in [6, 6.07) is 1.54. The van der Waals surface area contributed by atoms with Gasteiger partial charge in [-0.15, -0.1) is 0 Å². The molecule has 0 atom stereocenters. The van der Waals surface area contributed by atoms with Crippen LogP contribution in [0.5, 0.6) is 0 Å². The molecule has 0 amide bonds. The average molecular weight is 199 g/mol. The summed E-state index contributed by atoms with van der Waals surface area (Å²) in [4.78, 5) is 0. The minimum atomic E-state index is -0.0592. The molecule has 0 rings (SSSR count). The van der Waals surface area contributed by atoms with Gasteiger partial charge in [-0.3, -0.25) is 0 Å². The van der Waals surface area contributed by atoms with Crippen molar-refractivity contribution in [1.82, 2.24) is 0 Å². The molecule has 79 valence electrons. The molecular weight excluding hydrogens is 172 g/mol. The summed E-state index contributed by atoms with van der Waals surface area (Å²) in [6.07, 6.45) is 5.75. The van der Waals surface area contributed by atoms with E-state index in [1.807, 2.05) is 0 Å². The second kappa shape index (κ2) is 7.60. The third kappa shape index (κ3) is 6.31. The zero-order valence-corrected chi connectivity index (χ0v) is 11.2. The summed E-state index contributed by atoms with van der Waals surface area (Å²) in [7, 11) is -0.0592. The highest BCUT2D eigenvalue weighted by Gasteiger charge is 2.18. The Bertz CT molecular complexity index is 99.7. The number of hydrogen-bond acceptors (Lipinski definition) is 0. The molecule has 1 heteroatoms. The summed E-state index contributed by atoms with van der Waals surface area (Å²) < 4.78 is 0. The van der Waals surface area contributed by atoms with Crippen molar-refractivity contribution in [2.45, 2.75) is 77.4 Å². The van der Waals surface area contributed by atoms with Crippen LogP contribution in [0.1, 0.15) is 60.3 Å². The van der Waals surface area contributed by atoms with Crippen LogP contribution in [0.3, 0.4) is 0 Å². The van der Waals surface area contributed by atoms with Crippen molar-refractivity contribution in [3.8, 4) is 0 Å². The Morgan fingerprint density at radius 1 is 0.846 bits per heavy atom. The Morgan fingerprint density at radius 3 is 1.77 bits per heavy atom. The SMILES string of the molecule is CCCCCC[Si](C(C)C)C(C)C. The highest BCUT2D eigenvalue weighted by atomic mass is 28.3. The van der Waals surface area contributed by atoms with Gasteiger partial charge in [-0.2, -0.15) is 0 Å². The molecule has 0 aromatic heterocycles. The van der Waals surface area contributed by atoms with Crippen LogP contribution < -0.4 is 0 Å².